The van der Waals surface area contributed by atoms with Gasteiger partial charge in [-0.05, 0) is 40.3 Å². The van der Waals surface area contributed by atoms with E-state index in [-0.39, 0.29) is 0 Å². The summed E-state index contributed by atoms with van der Waals surface area (Å²) in [6.45, 7) is 0.441. The molecule has 3 aromatic rings. The Morgan fingerprint density at radius 3 is 2.75 bits per heavy atom. The van der Waals surface area contributed by atoms with E-state index in [4.69, 9.17) is 5.73 Å². The van der Waals surface area contributed by atoms with Crippen LogP contribution in [-0.4, -0.2) is 9.97 Å². The molecule has 0 unspecified atom stereocenters. The van der Waals surface area contributed by atoms with Crippen LogP contribution < -0.4 is 5.73 Å². The second-order valence-corrected chi connectivity index (χ2v) is 5.15. The molecule has 0 saturated carbocycles. The molecule has 1 aliphatic carbocycles. The quantitative estimate of drug-likeness (QED) is 0.582. The van der Waals surface area contributed by atoms with E-state index in [1.54, 1.807) is 0 Å². The molecule has 98 valence electrons. The normalized spacial score (nSPS) is 12.2. The first kappa shape index (κ1) is 11.4. The van der Waals surface area contributed by atoms with Crippen LogP contribution in [0.5, 0.6) is 0 Å². The lowest BCUT2D eigenvalue weighted by atomic mass is 10.0. The van der Waals surface area contributed by atoms with Gasteiger partial charge in [-0.1, -0.05) is 36.4 Å². The third kappa shape index (κ3) is 1.67. The first-order valence-corrected chi connectivity index (χ1v) is 6.80. The van der Waals surface area contributed by atoms with Gasteiger partial charge in [0.25, 0.3) is 0 Å². The van der Waals surface area contributed by atoms with Gasteiger partial charge in [0.05, 0.1) is 18.4 Å². The Kier molecular flexibility index (Phi) is 2.47. The van der Waals surface area contributed by atoms with Crippen LogP contribution in [0, 0.1) is 0 Å². The molecule has 4 rings (SSSR count). The molecule has 0 spiro atoms. The van der Waals surface area contributed by atoms with E-state index in [2.05, 4.69) is 52.4 Å². The molecule has 0 radical (unpaired) electrons. The summed E-state index contributed by atoms with van der Waals surface area (Å²) in [7, 11) is 0. The minimum atomic E-state index is 0.441. The highest BCUT2D eigenvalue weighted by molar-refractivity contribution is 5.79. The van der Waals surface area contributed by atoms with Crippen LogP contribution in [0.3, 0.4) is 0 Å². The summed E-state index contributed by atoms with van der Waals surface area (Å²) in [5.74, 6) is 0.823. The molecular formula is C17H15N3. The highest BCUT2D eigenvalue weighted by atomic mass is 14.9. The van der Waals surface area contributed by atoms with Crippen molar-refractivity contribution in [2.45, 2.75) is 13.0 Å². The number of benzene rings is 2. The molecule has 0 amide bonds. The third-order valence-electron chi connectivity index (χ3n) is 3.93. The number of nitrogens with one attached hydrogen (secondary N) is 1. The monoisotopic (exact) mass is 261 g/mol. The number of imidazole rings is 1. The standard InChI is InChI=1S/C17H15N3/c18-9-17-19-10-16(20-17)12-5-6-15-13(8-12)7-11-3-1-2-4-14(11)15/h1-6,8,10H,7,9,18H2,(H,19,20). The average Bonchev–Trinajstić information content (AvgIpc) is 3.10. The lowest BCUT2D eigenvalue weighted by molar-refractivity contribution is 0.950. The number of hydrogen-bond donors (Lipinski definition) is 2. The van der Waals surface area contributed by atoms with Gasteiger partial charge in [-0.25, -0.2) is 4.98 Å². The first-order chi connectivity index (χ1) is 9.85. The second-order valence-electron chi connectivity index (χ2n) is 5.15. The van der Waals surface area contributed by atoms with Crippen LogP contribution in [0.1, 0.15) is 17.0 Å². The smallest absolute Gasteiger partial charge is 0.120 e. The highest BCUT2D eigenvalue weighted by Gasteiger charge is 2.18. The fourth-order valence-corrected chi connectivity index (χ4v) is 2.93. The predicted molar refractivity (Wildman–Crippen MR) is 80.2 cm³/mol. The van der Waals surface area contributed by atoms with E-state index in [1.165, 1.54) is 27.8 Å². The molecule has 1 heterocycles. The molecule has 20 heavy (non-hydrogen) atoms. The zero-order chi connectivity index (χ0) is 13.5. The minimum Gasteiger partial charge on any atom is -0.341 e. The largest absolute Gasteiger partial charge is 0.341 e. The van der Waals surface area contributed by atoms with Crippen molar-refractivity contribution < 1.29 is 0 Å². The number of aromatic amines is 1. The van der Waals surface area contributed by atoms with Crippen LogP contribution in [0.15, 0.2) is 48.7 Å². The summed E-state index contributed by atoms with van der Waals surface area (Å²) < 4.78 is 0. The molecular weight excluding hydrogens is 246 g/mol. The Morgan fingerprint density at radius 1 is 1.05 bits per heavy atom. The van der Waals surface area contributed by atoms with E-state index in [9.17, 15) is 0 Å². The zero-order valence-electron chi connectivity index (χ0n) is 11.1. The van der Waals surface area contributed by atoms with Crippen LogP contribution in [0.2, 0.25) is 0 Å². The molecule has 3 N–H and O–H groups in total. The number of H-pyrrole nitrogens is 1. The topological polar surface area (TPSA) is 54.7 Å². The second kappa shape index (κ2) is 4.32. The van der Waals surface area contributed by atoms with Crippen molar-refractivity contribution in [3.63, 3.8) is 0 Å². The third-order valence-corrected chi connectivity index (χ3v) is 3.93. The van der Waals surface area contributed by atoms with Gasteiger partial charge in [0, 0.05) is 0 Å². The summed E-state index contributed by atoms with van der Waals surface area (Å²) in [5.41, 5.74) is 13.3. The van der Waals surface area contributed by atoms with Crippen molar-refractivity contribution in [2.24, 2.45) is 5.73 Å². The summed E-state index contributed by atoms with van der Waals surface area (Å²) in [5, 5.41) is 0. The van der Waals surface area contributed by atoms with Crippen LogP contribution in [0.25, 0.3) is 22.4 Å². The Labute approximate surface area is 117 Å². The first-order valence-electron chi connectivity index (χ1n) is 6.80. The fourth-order valence-electron chi connectivity index (χ4n) is 2.93. The maximum atomic E-state index is 5.60. The van der Waals surface area contributed by atoms with Crippen molar-refractivity contribution in [3.8, 4) is 22.4 Å². The molecule has 2 aromatic carbocycles. The highest BCUT2D eigenvalue weighted by Crippen LogP contribution is 2.38. The van der Waals surface area contributed by atoms with Crippen LogP contribution in [0.4, 0.5) is 0 Å². The predicted octanol–water partition coefficient (Wildman–Crippen LogP) is 3.11. The number of fused-ring (bicyclic) bond motifs is 3. The molecule has 0 aliphatic heterocycles. The Bertz CT molecular complexity index is 786. The number of hydrogen-bond acceptors (Lipinski definition) is 2. The summed E-state index contributed by atoms with van der Waals surface area (Å²) in [6.07, 6.45) is 2.86. The molecule has 0 saturated heterocycles. The van der Waals surface area contributed by atoms with E-state index >= 15 is 0 Å². The zero-order valence-corrected chi connectivity index (χ0v) is 11.1. The molecule has 0 bridgehead atoms. The number of rotatable bonds is 2. The van der Waals surface area contributed by atoms with Gasteiger partial charge in [0.15, 0.2) is 0 Å². The van der Waals surface area contributed by atoms with Crippen molar-refractivity contribution in [1.82, 2.24) is 9.97 Å². The van der Waals surface area contributed by atoms with Gasteiger partial charge in [0.2, 0.25) is 0 Å². The van der Waals surface area contributed by atoms with Gasteiger partial charge in [-0.3, -0.25) is 0 Å². The minimum absolute atomic E-state index is 0.441. The Morgan fingerprint density at radius 2 is 1.90 bits per heavy atom. The van der Waals surface area contributed by atoms with Gasteiger partial charge < -0.3 is 10.7 Å². The summed E-state index contributed by atoms with van der Waals surface area (Å²) in [4.78, 5) is 7.52. The SMILES string of the molecule is NCc1ncc(-c2ccc3c(c2)Cc2ccccc2-3)[nH]1. The molecule has 1 aromatic heterocycles. The Hall–Kier alpha value is -2.39. The van der Waals surface area contributed by atoms with E-state index in [0.717, 1.165) is 17.9 Å². The van der Waals surface area contributed by atoms with Crippen LogP contribution >= 0.6 is 0 Å². The number of nitrogens with zero attached hydrogens (tertiary/aromatic N) is 1. The van der Waals surface area contributed by atoms with Gasteiger partial charge >= 0.3 is 0 Å². The van der Waals surface area contributed by atoms with E-state index in [1.807, 2.05) is 6.20 Å². The molecule has 0 fully saturated rings. The van der Waals surface area contributed by atoms with Crippen LogP contribution in [-0.2, 0) is 13.0 Å². The summed E-state index contributed by atoms with van der Waals surface area (Å²) in [6, 6.07) is 15.2. The number of nitrogens with two attached hydrogens (primary N) is 1. The van der Waals surface area contributed by atoms with Gasteiger partial charge in [-0.15, -0.1) is 0 Å². The maximum Gasteiger partial charge on any atom is 0.120 e. The Balaban J connectivity index is 1.78. The summed E-state index contributed by atoms with van der Waals surface area (Å²) >= 11 is 0. The molecule has 0 atom stereocenters. The van der Waals surface area contributed by atoms with Crippen molar-refractivity contribution in [3.05, 3.63) is 65.6 Å². The molecule has 1 aliphatic rings. The molecule has 3 heteroatoms. The van der Waals surface area contributed by atoms with Crippen molar-refractivity contribution in [2.75, 3.05) is 0 Å². The maximum absolute atomic E-state index is 5.60. The van der Waals surface area contributed by atoms with E-state index in [0.29, 0.717) is 6.54 Å². The van der Waals surface area contributed by atoms with Crippen molar-refractivity contribution in [1.29, 1.82) is 0 Å². The fraction of sp³-hybridized carbons (Fsp3) is 0.118. The van der Waals surface area contributed by atoms with Gasteiger partial charge in [0.1, 0.15) is 5.82 Å². The van der Waals surface area contributed by atoms with Gasteiger partial charge in [-0.2, -0.15) is 0 Å². The number of aromatic nitrogens is 2. The lowest BCUT2D eigenvalue weighted by Crippen LogP contribution is -1.97. The van der Waals surface area contributed by atoms with Crippen molar-refractivity contribution >= 4 is 0 Å². The molecule has 3 nitrogen and oxygen atoms in total. The lowest BCUT2D eigenvalue weighted by Gasteiger charge is -2.03. The van der Waals surface area contributed by atoms with E-state index < -0.39 is 0 Å². The average molecular weight is 261 g/mol.